The molecule has 26 heavy (non-hydrogen) atoms. The summed E-state index contributed by atoms with van der Waals surface area (Å²) in [6, 6.07) is 6.32. The second-order valence-corrected chi connectivity index (χ2v) is 5.90. The van der Waals surface area contributed by atoms with Crippen LogP contribution in [0.4, 0.5) is 5.69 Å². The van der Waals surface area contributed by atoms with Crippen molar-refractivity contribution in [1.29, 1.82) is 0 Å². The van der Waals surface area contributed by atoms with Crippen LogP contribution in [0.1, 0.15) is 13.3 Å². The highest BCUT2D eigenvalue weighted by Gasteiger charge is 2.24. The Bertz CT molecular complexity index is 549. The van der Waals surface area contributed by atoms with Crippen LogP contribution in [0.15, 0.2) is 23.2 Å². The standard InChI is InChI=1S/C18H30N4O3.HI/c1-5-19-18(20-7-9-23-2)21-14-6-8-22(13-14)15-10-16(24-3)12-17(11-15)25-4;/h10-12,14H,5-9,13H2,1-4H3,(H2,19,20,21);1H. The van der Waals surface area contributed by atoms with Crippen LogP contribution in [-0.4, -0.2) is 66.1 Å². The minimum atomic E-state index is 0. The zero-order valence-corrected chi connectivity index (χ0v) is 18.4. The molecular formula is C18H31IN4O3. The maximum atomic E-state index is 5.37. The van der Waals surface area contributed by atoms with Gasteiger partial charge in [-0.3, -0.25) is 4.99 Å². The normalized spacial score (nSPS) is 16.8. The second kappa shape index (κ2) is 12.1. The summed E-state index contributed by atoms with van der Waals surface area (Å²) in [6.45, 7) is 6.06. The number of nitrogens with one attached hydrogen (secondary N) is 2. The van der Waals surface area contributed by atoms with Crippen molar-refractivity contribution in [3.05, 3.63) is 18.2 Å². The van der Waals surface area contributed by atoms with E-state index in [-0.39, 0.29) is 24.0 Å². The lowest BCUT2D eigenvalue weighted by atomic mass is 10.2. The Hall–Kier alpha value is -1.42. The van der Waals surface area contributed by atoms with Gasteiger partial charge in [0.1, 0.15) is 11.5 Å². The van der Waals surface area contributed by atoms with Crippen LogP contribution in [0.25, 0.3) is 0 Å². The third-order valence-electron chi connectivity index (χ3n) is 4.14. The molecule has 1 aromatic carbocycles. The van der Waals surface area contributed by atoms with E-state index < -0.39 is 0 Å². The molecule has 0 aromatic heterocycles. The molecular weight excluding hydrogens is 447 g/mol. The summed E-state index contributed by atoms with van der Waals surface area (Å²) in [6.07, 6.45) is 1.05. The van der Waals surface area contributed by atoms with Crippen molar-refractivity contribution in [2.24, 2.45) is 4.99 Å². The molecule has 148 valence electrons. The van der Waals surface area contributed by atoms with Gasteiger partial charge >= 0.3 is 0 Å². The van der Waals surface area contributed by atoms with Crippen molar-refractivity contribution in [2.75, 3.05) is 59.0 Å². The molecule has 0 aliphatic carbocycles. The maximum absolute atomic E-state index is 5.37. The predicted molar refractivity (Wildman–Crippen MR) is 117 cm³/mol. The monoisotopic (exact) mass is 478 g/mol. The maximum Gasteiger partial charge on any atom is 0.191 e. The van der Waals surface area contributed by atoms with Gasteiger partial charge in [0, 0.05) is 56.7 Å². The van der Waals surface area contributed by atoms with Crippen molar-refractivity contribution < 1.29 is 14.2 Å². The molecule has 7 nitrogen and oxygen atoms in total. The largest absolute Gasteiger partial charge is 0.497 e. The molecule has 1 atom stereocenters. The van der Waals surface area contributed by atoms with E-state index in [4.69, 9.17) is 14.2 Å². The Morgan fingerprint density at radius 1 is 1.19 bits per heavy atom. The summed E-state index contributed by atoms with van der Waals surface area (Å²) in [5, 5.41) is 6.80. The molecule has 1 aromatic rings. The van der Waals surface area contributed by atoms with E-state index in [9.17, 15) is 0 Å². The van der Waals surface area contributed by atoms with Gasteiger partial charge in [-0.05, 0) is 13.3 Å². The van der Waals surface area contributed by atoms with Crippen molar-refractivity contribution in [3.8, 4) is 11.5 Å². The number of benzene rings is 1. The van der Waals surface area contributed by atoms with E-state index in [1.807, 2.05) is 18.2 Å². The summed E-state index contributed by atoms with van der Waals surface area (Å²) in [5.41, 5.74) is 1.11. The smallest absolute Gasteiger partial charge is 0.191 e. The van der Waals surface area contributed by atoms with E-state index in [0.717, 1.165) is 49.2 Å². The van der Waals surface area contributed by atoms with Crippen LogP contribution in [0.3, 0.4) is 0 Å². The second-order valence-electron chi connectivity index (χ2n) is 5.90. The third kappa shape index (κ3) is 6.71. The summed E-state index contributed by atoms with van der Waals surface area (Å²) >= 11 is 0. The number of hydrogen-bond acceptors (Lipinski definition) is 5. The highest BCUT2D eigenvalue weighted by molar-refractivity contribution is 14.0. The van der Waals surface area contributed by atoms with E-state index in [1.54, 1.807) is 21.3 Å². The molecule has 1 saturated heterocycles. The molecule has 0 spiro atoms. The van der Waals surface area contributed by atoms with E-state index in [2.05, 4.69) is 27.4 Å². The third-order valence-corrected chi connectivity index (χ3v) is 4.14. The van der Waals surface area contributed by atoms with Crippen LogP contribution in [0.2, 0.25) is 0 Å². The number of nitrogens with zero attached hydrogens (tertiary/aromatic N) is 2. The van der Waals surface area contributed by atoms with Gasteiger partial charge in [-0.1, -0.05) is 0 Å². The summed E-state index contributed by atoms with van der Waals surface area (Å²) < 4.78 is 15.8. The number of aliphatic imine (C=N–C) groups is 1. The van der Waals surface area contributed by atoms with Crippen molar-refractivity contribution in [2.45, 2.75) is 19.4 Å². The molecule has 1 unspecified atom stereocenters. The number of guanidine groups is 1. The zero-order valence-electron chi connectivity index (χ0n) is 16.1. The molecule has 0 bridgehead atoms. The summed E-state index contributed by atoms with van der Waals surface area (Å²) in [4.78, 5) is 6.86. The van der Waals surface area contributed by atoms with Gasteiger partial charge in [0.2, 0.25) is 0 Å². The van der Waals surface area contributed by atoms with Crippen molar-refractivity contribution in [1.82, 2.24) is 10.6 Å². The SMILES string of the molecule is CCNC(=NCCOC)NC1CCN(c2cc(OC)cc(OC)c2)C1.I. The highest BCUT2D eigenvalue weighted by Crippen LogP contribution is 2.30. The first-order valence-corrected chi connectivity index (χ1v) is 8.72. The predicted octanol–water partition coefficient (Wildman–Crippen LogP) is 2.10. The van der Waals surface area contributed by atoms with Gasteiger partial charge < -0.3 is 29.7 Å². The number of ether oxygens (including phenoxy) is 3. The molecule has 2 rings (SSSR count). The minimum absolute atomic E-state index is 0. The Morgan fingerprint density at radius 2 is 1.88 bits per heavy atom. The lowest BCUT2D eigenvalue weighted by Gasteiger charge is -2.21. The molecule has 2 N–H and O–H groups in total. The average molecular weight is 478 g/mol. The average Bonchev–Trinajstić information content (AvgIpc) is 3.10. The van der Waals surface area contributed by atoms with Gasteiger partial charge in [-0.2, -0.15) is 0 Å². The molecule has 0 saturated carbocycles. The Morgan fingerprint density at radius 3 is 2.46 bits per heavy atom. The van der Waals surface area contributed by atoms with Gasteiger partial charge in [-0.25, -0.2) is 0 Å². The first-order chi connectivity index (χ1) is 12.2. The molecule has 1 aliphatic heterocycles. The fourth-order valence-electron chi connectivity index (χ4n) is 2.85. The van der Waals surface area contributed by atoms with E-state index >= 15 is 0 Å². The molecule has 8 heteroatoms. The quantitative estimate of drug-likeness (QED) is 0.258. The first-order valence-electron chi connectivity index (χ1n) is 8.72. The van der Waals surface area contributed by atoms with Crippen molar-refractivity contribution >= 4 is 35.6 Å². The fourth-order valence-corrected chi connectivity index (χ4v) is 2.85. The lowest BCUT2D eigenvalue weighted by Crippen LogP contribution is -2.44. The number of hydrogen-bond donors (Lipinski definition) is 2. The number of halogens is 1. The molecule has 1 heterocycles. The number of methoxy groups -OCH3 is 3. The first kappa shape index (κ1) is 22.6. The lowest BCUT2D eigenvalue weighted by molar-refractivity contribution is 0.208. The Balaban J connectivity index is 0.00000338. The highest BCUT2D eigenvalue weighted by atomic mass is 127. The number of rotatable bonds is 8. The Labute approximate surface area is 173 Å². The van der Waals surface area contributed by atoms with Gasteiger partial charge in [0.05, 0.1) is 27.4 Å². The number of anilines is 1. The minimum Gasteiger partial charge on any atom is -0.497 e. The summed E-state index contributed by atoms with van der Waals surface area (Å²) in [7, 11) is 5.03. The zero-order chi connectivity index (χ0) is 18.1. The van der Waals surface area contributed by atoms with Gasteiger partial charge in [0.15, 0.2) is 5.96 Å². The Kier molecular flexibility index (Phi) is 10.5. The van der Waals surface area contributed by atoms with Crippen LogP contribution in [0, 0.1) is 0 Å². The topological polar surface area (TPSA) is 67.4 Å². The van der Waals surface area contributed by atoms with Gasteiger partial charge in [0.25, 0.3) is 0 Å². The van der Waals surface area contributed by atoms with Crippen LogP contribution in [-0.2, 0) is 4.74 Å². The van der Waals surface area contributed by atoms with Crippen molar-refractivity contribution in [3.63, 3.8) is 0 Å². The van der Waals surface area contributed by atoms with Crippen LogP contribution in [0.5, 0.6) is 11.5 Å². The molecule has 1 fully saturated rings. The van der Waals surface area contributed by atoms with E-state index in [1.165, 1.54) is 0 Å². The molecule has 0 radical (unpaired) electrons. The summed E-state index contributed by atoms with van der Waals surface area (Å²) in [5.74, 6) is 2.45. The van der Waals surface area contributed by atoms with E-state index in [0.29, 0.717) is 19.2 Å². The van der Waals surface area contributed by atoms with Crippen LogP contribution < -0.4 is 25.0 Å². The van der Waals surface area contributed by atoms with Gasteiger partial charge in [-0.15, -0.1) is 24.0 Å². The van der Waals surface area contributed by atoms with Crippen LogP contribution >= 0.6 is 24.0 Å². The molecule has 0 amide bonds. The fraction of sp³-hybridized carbons (Fsp3) is 0.611. The molecule has 1 aliphatic rings.